The van der Waals surface area contributed by atoms with Crippen molar-refractivity contribution in [1.29, 1.82) is 0 Å². The lowest BCUT2D eigenvalue weighted by atomic mass is 9.90. The first-order chi connectivity index (χ1) is 15.2. The molecule has 1 aromatic heterocycles. The number of aromatic nitrogens is 2. The Bertz CT molecular complexity index is 948. The van der Waals surface area contributed by atoms with Crippen molar-refractivity contribution in [2.75, 3.05) is 26.9 Å². The van der Waals surface area contributed by atoms with Crippen LogP contribution >= 0.6 is 0 Å². The van der Waals surface area contributed by atoms with E-state index in [1.54, 1.807) is 7.11 Å². The summed E-state index contributed by atoms with van der Waals surface area (Å²) in [6.45, 7) is 2.81. The van der Waals surface area contributed by atoms with Gasteiger partial charge in [-0.2, -0.15) is 0 Å². The van der Waals surface area contributed by atoms with Crippen LogP contribution in [0.3, 0.4) is 0 Å². The molecule has 1 fully saturated rings. The van der Waals surface area contributed by atoms with Gasteiger partial charge < -0.3 is 19.6 Å². The summed E-state index contributed by atoms with van der Waals surface area (Å²) in [6.07, 6.45) is 6.53. The van der Waals surface area contributed by atoms with E-state index in [-0.39, 0.29) is 6.61 Å². The fourth-order valence-electron chi connectivity index (χ4n) is 4.37. The van der Waals surface area contributed by atoms with Crippen molar-refractivity contribution < 1.29 is 14.6 Å². The highest BCUT2D eigenvalue weighted by Gasteiger charge is 2.16. The molecule has 6 heteroatoms. The smallest absolute Gasteiger partial charge is 0.147 e. The highest BCUT2D eigenvalue weighted by atomic mass is 16.5. The summed E-state index contributed by atoms with van der Waals surface area (Å²) in [5.74, 6) is 3.24. The predicted octanol–water partition coefficient (Wildman–Crippen LogP) is 4.53. The summed E-state index contributed by atoms with van der Waals surface area (Å²) in [6, 6.07) is 14.1. The maximum absolute atomic E-state index is 9.54. The van der Waals surface area contributed by atoms with Crippen LogP contribution in [0.2, 0.25) is 0 Å². The number of aromatic amines is 1. The van der Waals surface area contributed by atoms with E-state index in [1.165, 1.54) is 37.7 Å². The third kappa shape index (κ3) is 5.77. The van der Waals surface area contributed by atoms with E-state index >= 15 is 0 Å². The van der Waals surface area contributed by atoms with Crippen molar-refractivity contribution in [2.45, 2.75) is 45.2 Å². The summed E-state index contributed by atoms with van der Waals surface area (Å²) in [5.41, 5.74) is 3.05. The average Bonchev–Trinajstić information content (AvgIpc) is 3.22. The number of aliphatic hydroxyl groups excluding tert-OH is 1. The average molecular weight is 424 g/mol. The zero-order valence-electron chi connectivity index (χ0n) is 18.3. The molecule has 3 aromatic rings. The Kier molecular flexibility index (Phi) is 7.43. The van der Waals surface area contributed by atoms with E-state index in [0.29, 0.717) is 19.0 Å². The summed E-state index contributed by atoms with van der Waals surface area (Å²) < 4.78 is 11.4. The van der Waals surface area contributed by atoms with Gasteiger partial charge in [0.15, 0.2) is 0 Å². The standard InChI is InChI=1S/C25H33N3O3/c1-30-21-12-10-19(11-13-21)16-28(14-15-29)17-24-26-22-8-5-9-23(25(22)27-24)31-18-20-6-3-2-4-7-20/h5,8-13,20,29H,2-4,6-7,14-18H2,1H3,(H,26,27). The Hall–Kier alpha value is -2.57. The highest BCUT2D eigenvalue weighted by Crippen LogP contribution is 2.28. The van der Waals surface area contributed by atoms with Gasteiger partial charge in [-0.3, -0.25) is 4.90 Å². The Labute approximate surface area is 184 Å². The molecule has 0 saturated heterocycles. The zero-order valence-corrected chi connectivity index (χ0v) is 18.3. The lowest BCUT2D eigenvalue weighted by Gasteiger charge is -2.21. The Balaban J connectivity index is 1.44. The Morgan fingerprint density at radius 1 is 1.06 bits per heavy atom. The van der Waals surface area contributed by atoms with Gasteiger partial charge in [-0.1, -0.05) is 37.5 Å². The molecule has 2 N–H and O–H groups in total. The molecule has 1 saturated carbocycles. The first kappa shape index (κ1) is 21.7. The monoisotopic (exact) mass is 423 g/mol. The summed E-state index contributed by atoms with van der Waals surface area (Å²) in [5, 5.41) is 9.54. The van der Waals surface area contributed by atoms with Crippen LogP contribution in [0.15, 0.2) is 42.5 Å². The number of benzene rings is 2. The number of para-hydroxylation sites is 1. The number of nitrogens with zero attached hydrogens (tertiary/aromatic N) is 2. The molecule has 1 aliphatic rings. The minimum absolute atomic E-state index is 0.103. The quantitative estimate of drug-likeness (QED) is 0.502. The number of nitrogens with one attached hydrogen (secondary N) is 1. The molecular weight excluding hydrogens is 390 g/mol. The van der Waals surface area contributed by atoms with E-state index in [4.69, 9.17) is 14.5 Å². The lowest BCUT2D eigenvalue weighted by molar-refractivity contribution is 0.181. The molecule has 0 aliphatic heterocycles. The summed E-state index contributed by atoms with van der Waals surface area (Å²) in [4.78, 5) is 10.5. The van der Waals surface area contributed by atoms with Gasteiger partial charge in [-0.15, -0.1) is 0 Å². The maximum Gasteiger partial charge on any atom is 0.147 e. The molecule has 0 spiro atoms. The first-order valence-corrected chi connectivity index (χ1v) is 11.3. The van der Waals surface area contributed by atoms with E-state index in [2.05, 4.69) is 22.0 Å². The van der Waals surface area contributed by atoms with E-state index in [1.807, 2.05) is 30.3 Å². The molecule has 6 nitrogen and oxygen atoms in total. The van der Waals surface area contributed by atoms with Gasteiger partial charge in [-0.05, 0) is 48.6 Å². The third-order valence-corrected chi connectivity index (χ3v) is 6.08. The third-order valence-electron chi connectivity index (χ3n) is 6.08. The van der Waals surface area contributed by atoms with Gasteiger partial charge in [0.1, 0.15) is 22.8 Å². The molecule has 166 valence electrons. The molecule has 2 aromatic carbocycles. The van der Waals surface area contributed by atoms with Crippen LogP contribution in [0.5, 0.6) is 11.5 Å². The second-order valence-corrected chi connectivity index (χ2v) is 8.43. The molecule has 0 unspecified atom stereocenters. The van der Waals surface area contributed by atoms with Crippen LogP contribution in [0.4, 0.5) is 0 Å². The number of methoxy groups -OCH3 is 1. The fraction of sp³-hybridized carbons (Fsp3) is 0.480. The minimum atomic E-state index is 0.103. The lowest BCUT2D eigenvalue weighted by Crippen LogP contribution is -2.26. The topological polar surface area (TPSA) is 70.6 Å². The number of imidazole rings is 1. The molecule has 4 rings (SSSR count). The SMILES string of the molecule is COc1ccc(CN(CCO)Cc2nc3c(OCC4CCCCC4)cccc3[nH]2)cc1. The molecule has 31 heavy (non-hydrogen) atoms. The fourth-order valence-corrected chi connectivity index (χ4v) is 4.37. The second kappa shape index (κ2) is 10.6. The van der Waals surface area contributed by atoms with Crippen LogP contribution < -0.4 is 9.47 Å². The van der Waals surface area contributed by atoms with Crippen LogP contribution in [0.25, 0.3) is 11.0 Å². The zero-order chi connectivity index (χ0) is 21.5. The number of hydrogen-bond donors (Lipinski definition) is 2. The van der Waals surface area contributed by atoms with Crippen molar-refractivity contribution in [1.82, 2.24) is 14.9 Å². The number of hydrogen-bond acceptors (Lipinski definition) is 5. The molecule has 0 radical (unpaired) electrons. The second-order valence-electron chi connectivity index (χ2n) is 8.43. The van der Waals surface area contributed by atoms with Gasteiger partial charge in [0.05, 0.1) is 32.4 Å². The van der Waals surface area contributed by atoms with Gasteiger partial charge in [-0.25, -0.2) is 4.98 Å². The highest BCUT2D eigenvalue weighted by molar-refractivity contribution is 5.81. The summed E-state index contributed by atoms with van der Waals surface area (Å²) >= 11 is 0. The molecule has 0 bridgehead atoms. The minimum Gasteiger partial charge on any atom is -0.497 e. The van der Waals surface area contributed by atoms with E-state index < -0.39 is 0 Å². The maximum atomic E-state index is 9.54. The van der Waals surface area contributed by atoms with Crippen LogP contribution in [0.1, 0.15) is 43.5 Å². The number of aliphatic hydroxyl groups is 1. The van der Waals surface area contributed by atoms with Crippen LogP contribution in [-0.2, 0) is 13.1 Å². The predicted molar refractivity (Wildman–Crippen MR) is 122 cm³/mol. The van der Waals surface area contributed by atoms with E-state index in [9.17, 15) is 5.11 Å². The number of H-pyrrole nitrogens is 1. The van der Waals surface area contributed by atoms with Gasteiger partial charge in [0.2, 0.25) is 0 Å². The van der Waals surface area contributed by atoms with Gasteiger partial charge in [0, 0.05) is 13.1 Å². The van der Waals surface area contributed by atoms with Gasteiger partial charge in [0.25, 0.3) is 0 Å². The summed E-state index contributed by atoms with van der Waals surface area (Å²) in [7, 11) is 1.67. The number of fused-ring (bicyclic) bond motifs is 1. The molecule has 1 heterocycles. The van der Waals surface area contributed by atoms with E-state index in [0.717, 1.165) is 41.5 Å². The van der Waals surface area contributed by atoms with Crippen molar-refractivity contribution in [2.24, 2.45) is 5.92 Å². The van der Waals surface area contributed by atoms with Crippen LogP contribution in [-0.4, -0.2) is 46.8 Å². The number of ether oxygens (including phenoxy) is 2. The van der Waals surface area contributed by atoms with Crippen molar-refractivity contribution >= 4 is 11.0 Å². The van der Waals surface area contributed by atoms with Crippen molar-refractivity contribution in [3.8, 4) is 11.5 Å². The number of rotatable bonds is 10. The molecule has 0 amide bonds. The Morgan fingerprint density at radius 3 is 2.61 bits per heavy atom. The van der Waals surface area contributed by atoms with Crippen molar-refractivity contribution in [3.05, 3.63) is 53.9 Å². The molecule has 1 aliphatic carbocycles. The largest absolute Gasteiger partial charge is 0.497 e. The van der Waals surface area contributed by atoms with Crippen molar-refractivity contribution in [3.63, 3.8) is 0 Å². The Morgan fingerprint density at radius 2 is 1.87 bits per heavy atom. The molecular formula is C25H33N3O3. The first-order valence-electron chi connectivity index (χ1n) is 11.3. The van der Waals surface area contributed by atoms with Crippen LogP contribution in [0, 0.1) is 5.92 Å². The van der Waals surface area contributed by atoms with Gasteiger partial charge >= 0.3 is 0 Å². The normalized spacial score (nSPS) is 14.9. The molecule has 0 atom stereocenters.